The molecule has 46 heavy (non-hydrogen) atoms. The zero-order chi connectivity index (χ0) is 32.8. The highest BCUT2D eigenvalue weighted by atomic mass is 16.7. The average Bonchev–Trinajstić information content (AvgIpc) is 3.07. The summed E-state index contributed by atoms with van der Waals surface area (Å²) in [5, 5.41) is 47.2. The number of nitrogens with one attached hydrogen (secondary N) is 1. The average molecular weight is 629 g/mol. The van der Waals surface area contributed by atoms with Crippen molar-refractivity contribution in [1.82, 2.24) is 0 Å². The molecular weight excluding hydrogens is 588 g/mol. The van der Waals surface area contributed by atoms with Crippen molar-refractivity contribution in [3.05, 3.63) is 125 Å². The zero-order valence-electron chi connectivity index (χ0n) is 25.7. The van der Waals surface area contributed by atoms with Gasteiger partial charge in [0, 0.05) is 11.0 Å². The molecule has 0 spiro atoms. The molecule has 5 rings (SSSR count). The Labute approximate surface area is 268 Å². The standard InChI is InChI=1S/C36H40N2O8/c1-36(2,26-10-16-29(17-11-26)45-35-33(42)32(41)31(40)30(19-39)46-35)25-8-14-28(15-9-25)44-21-23-5-3-4-22(18-23)20-43-27-12-6-24(7-13-27)34(37)38/h3-18,30-33,35,39-42H,19-21H2,1-2H3,(H3,37,38). The van der Waals surface area contributed by atoms with Crippen molar-refractivity contribution in [2.75, 3.05) is 6.61 Å². The molecule has 7 N–H and O–H groups in total. The van der Waals surface area contributed by atoms with E-state index in [1.807, 2.05) is 60.7 Å². The molecule has 1 saturated heterocycles. The molecular formula is C36H40N2O8. The van der Waals surface area contributed by atoms with Crippen LogP contribution in [0.2, 0.25) is 0 Å². The van der Waals surface area contributed by atoms with Gasteiger partial charge in [0.25, 0.3) is 0 Å². The lowest BCUT2D eigenvalue weighted by atomic mass is 9.78. The minimum Gasteiger partial charge on any atom is -0.489 e. The summed E-state index contributed by atoms with van der Waals surface area (Å²) in [6, 6.07) is 30.5. The summed E-state index contributed by atoms with van der Waals surface area (Å²) in [6.07, 6.45) is -6.70. The van der Waals surface area contributed by atoms with E-state index in [0.717, 1.165) is 28.0 Å². The van der Waals surface area contributed by atoms with Gasteiger partial charge < -0.3 is 45.1 Å². The summed E-state index contributed by atoms with van der Waals surface area (Å²) < 4.78 is 23.1. The molecule has 0 aliphatic carbocycles. The van der Waals surface area contributed by atoms with Crippen LogP contribution < -0.4 is 19.9 Å². The Morgan fingerprint density at radius 3 is 1.74 bits per heavy atom. The van der Waals surface area contributed by atoms with Crippen molar-refractivity contribution >= 4 is 5.84 Å². The number of ether oxygens (including phenoxy) is 4. The van der Waals surface area contributed by atoms with Gasteiger partial charge in [0.1, 0.15) is 60.7 Å². The van der Waals surface area contributed by atoms with Crippen molar-refractivity contribution in [3.63, 3.8) is 0 Å². The highest BCUT2D eigenvalue weighted by Gasteiger charge is 2.44. The van der Waals surface area contributed by atoms with Crippen LogP contribution in [0.3, 0.4) is 0 Å². The van der Waals surface area contributed by atoms with Crippen molar-refractivity contribution in [2.45, 2.75) is 63.2 Å². The van der Waals surface area contributed by atoms with E-state index in [2.05, 4.69) is 13.8 Å². The van der Waals surface area contributed by atoms with Gasteiger partial charge in [0.05, 0.1) is 6.61 Å². The smallest absolute Gasteiger partial charge is 0.229 e. The number of nitrogens with two attached hydrogens (primary N) is 1. The quantitative estimate of drug-likeness (QED) is 0.101. The first-order valence-electron chi connectivity index (χ1n) is 15.0. The van der Waals surface area contributed by atoms with Gasteiger partial charge in [0.2, 0.25) is 6.29 Å². The predicted molar refractivity (Wildman–Crippen MR) is 172 cm³/mol. The topological polar surface area (TPSA) is 168 Å². The lowest BCUT2D eigenvalue weighted by molar-refractivity contribution is -0.277. The Balaban J connectivity index is 1.15. The van der Waals surface area contributed by atoms with Crippen molar-refractivity contribution in [2.24, 2.45) is 5.73 Å². The van der Waals surface area contributed by atoms with Crippen LogP contribution in [0.25, 0.3) is 0 Å². The Hall–Kier alpha value is -4.45. The molecule has 1 fully saturated rings. The second-order valence-electron chi connectivity index (χ2n) is 11.8. The summed E-state index contributed by atoms with van der Waals surface area (Å²) >= 11 is 0. The zero-order valence-corrected chi connectivity index (χ0v) is 25.7. The van der Waals surface area contributed by atoms with Gasteiger partial charge >= 0.3 is 0 Å². The van der Waals surface area contributed by atoms with E-state index in [0.29, 0.717) is 30.3 Å². The third-order valence-corrected chi connectivity index (χ3v) is 8.22. The molecule has 0 amide bonds. The molecule has 5 unspecified atom stereocenters. The van der Waals surface area contributed by atoms with E-state index >= 15 is 0 Å². The first-order valence-corrected chi connectivity index (χ1v) is 15.0. The van der Waals surface area contributed by atoms with Crippen LogP contribution in [0.1, 0.15) is 41.7 Å². The first kappa shape index (κ1) is 32.9. The van der Waals surface area contributed by atoms with Gasteiger partial charge in [0.15, 0.2) is 0 Å². The monoisotopic (exact) mass is 628 g/mol. The highest BCUT2D eigenvalue weighted by Crippen LogP contribution is 2.34. The number of rotatable bonds is 12. The molecule has 10 heteroatoms. The molecule has 4 aromatic rings. The highest BCUT2D eigenvalue weighted by molar-refractivity contribution is 5.94. The molecule has 0 saturated carbocycles. The van der Waals surface area contributed by atoms with Gasteiger partial charge in [-0.25, -0.2) is 0 Å². The van der Waals surface area contributed by atoms with Gasteiger partial charge in [-0.1, -0.05) is 56.3 Å². The van der Waals surface area contributed by atoms with E-state index < -0.39 is 37.3 Å². The van der Waals surface area contributed by atoms with Crippen LogP contribution in [0.5, 0.6) is 17.2 Å². The van der Waals surface area contributed by atoms with Crippen LogP contribution in [-0.2, 0) is 23.4 Å². The number of nitrogen functional groups attached to an aromatic ring is 1. The number of benzene rings is 4. The van der Waals surface area contributed by atoms with Gasteiger partial charge in [-0.2, -0.15) is 0 Å². The Morgan fingerprint density at radius 1 is 0.739 bits per heavy atom. The van der Waals surface area contributed by atoms with E-state index in [4.69, 9.17) is 30.1 Å². The summed E-state index contributed by atoms with van der Waals surface area (Å²) in [5.41, 5.74) is 9.95. The largest absolute Gasteiger partial charge is 0.489 e. The van der Waals surface area contributed by atoms with E-state index in [-0.39, 0.29) is 11.3 Å². The van der Waals surface area contributed by atoms with Crippen molar-refractivity contribution < 1.29 is 39.4 Å². The van der Waals surface area contributed by atoms with Crippen LogP contribution in [0, 0.1) is 5.41 Å². The second kappa shape index (κ2) is 14.3. The fraction of sp³-hybridized carbons (Fsp3) is 0.306. The molecule has 4 aromatic carbocycles. The summed E-state index contributed by atoms with van der Waals surface area (Å²) in [6.45, 7) is 4.51. The number of hydrogen-bond acceptors (Lipinski definition) is 9. The van der Waals surface area contributed by atoms with Crippen molar-refractivity contribution in [3.8, 4) is 17.2 Å². The second-order valence-corrected chi connectivity index (χ2v) is 11.8. The summed E-state index contributed by atoms with van der Waals surface area (Å²) in [5.74, 6) is 1.88. The maximum Gasteiger partial charge on any atom is 0.229 e. The minimum atomic E-state index is -1.50. The lowest BCUT2D eigenvalue weighted by Gasteiger charge is -2.39. The Kier molecular flexibility index (Phi) is 10.3. The van der Waals surface area contributed by atoms with Gasteiger partial charge in [-0.15, -0.1) is 0 Å². The van der Waals surface area contributed by atoms with Gasteiger partial charge in [-0.05, 0) is 76.9 Å². The van der Waals surface area contributed by atoms with E-state index in [1.54, 1.807) is 36.4 Å². The molecule has 10 nitrogen and oxygen atoms in total. The number of aliphatic hydroxyl groups excluding tert-OH is 4. The Morgan fingerprint density at radius 2 is 1.24 bits per heavy atom. The molecule has 242 valence electrons. The van der Waals surface area contributed by atoms with Crippen molar-refractivity contribution in [1.29, 1.82) is 5.41 Å². The number of amidine groups is 1. The molecule has 0 bridgehead atoms. The third-order valence-electron chi connectivity index (χ3n) is 8.22. The Bertz CT molecular complexity index is 1590. The van der Waals surface area contributed by atoms with E-state index in [1.165, 1.54) is 0 Å². The van der Waals surface area contributed by atoms with Crippen LogP contribution in [-0.4, -0.2) is 63.6 Å². The maximum absolute atomic E-state index is 10.3. The predicted octanol–water partition coefficient (Wildman–Crippen LogP) is 3.63. The fourth-order valence-electron chi connectivity index (χ4n) is 5.26. The number of hydrogen-bond donors (Lipinski definition) is 6. The third kappa shape index (κ3) is 7.67. The molecule has 1 aliphatic heterocycles. The minimum absolute atomic E-state index is 0.0214. The molecule has 1 heterocycles. The molecule has 1 aliphatic rings. The fourth-order valence-corrected chi connectivity index (χ4v) is 5.26. The summed E-state index contributed by atoms with van der Waals surface area (Å²) in [7, 11) is 0. The lowest BCUT2D eigenvalue weighted by Crippen LogP contribution is -2.60. The van der Waals surface area contributed by atoms with E-state index in [9.17, 15) is 20.4 Å². The molecule has 0 radical (unpaired) electrons. The normalized spacial score (nSPS) is 21.4. The van der Waals surface area contributed by atoms with Gasteiger partial charge in [-0.3, -0.25) is 5.41 Å². The maximum atomic E-state index is 10.3. The van der Waals surface area contributed by atoms with Crippen LogP contribution in [0.4, 0.5) is 0 Å². The SMILES string of the molecule is CC(C)(c1ccc(OCc2cccc(COc3ccc(C(=N)N)cc3)c2)cc1)c1ccc(OC2OC(CO)C(O)C(O)C2O)cc1. The summed E-state index contributed by atoms with van der Waals surface area (Å²) in [4.78, 5) is 0. The number of aliphatic hydroxyl groups is 4. The molecule has 5 atom stereocenters. The van der Waals surface area contributed by atoms with Crippen LogP contribution in [0.15, 0.2) is 97.1 Å². The van der Waals surface area contributed by atoms with Crippen LogP contribution >= 0.6 is 0 Å². The molecule has 0 aromatic heterocycles. The first-order chi connectivity index (χ1) is 22.0.